The Morgan fingerprint density at radius 1 is 1.32 bits per heavy atom. The van der Waals surface area contributed by atoms with Crippen molar-refractivity contribution < 1.29 is 17.9 Å². The first-order chi connectivity index (χ1) is 11.7. The molecule has 6 nitrogen and oxygen atoms in total. The average Bonchev–Trinajstić information content (AvgIpc) is 2.53. The maximum absolute atomic E-state index is 12.6. The number of rotatable bonds is 3. The largest absolute Gasteiger partial charge is 0.458 e. The lowest BCUT2D eigenvalue weighted by atomic mass is 9.75. The van der Waals surface area contributed by atoms with E-state index in [-0.39, 0.29) is 17.8 Å². The van der Waals surface area contributed by atoms with Gasteiger partial charge < -0.3 is 9.64 Å². The third kappa shape index (κ3) is 4.14. The molecule has 2 aliphatic heterocycles. The van der Waals surface area contributed by atoms with Crippen LogP contribution in [0.25, 0.3) is 0 Å². The molecule has 1 saturated carbocycles. The molecule has 3 aliphatic rings. The molecule has 0 aromatic heterocycles. The van der Waals surface area contributed by atoms with E-state index in [0.29, 0.717) is 35.7 Å². The second kappa shape index (κ2) is 6.94. The van der Waals surface area contributed by atoms with E-state index < -0.39 is 10.0 Å². The summed E-state index contributed by atoms with van der Waals surface area (Å²) >= 11 is 0. The lowest BCUT2D eigenvalue weighted by molar-refractivity contribution is -0.150. The van der Waals surface area contributed by atoms with Crippen molar-refractivity contribution in [3.05, 3.63) is 23.9 Å². The number of sulfonamides is 1. The van der Waals surface area contributed by atoms with Crippen LogP contribution in [0.4, 0.5) is 0 Å². The Labute approximate surface area is 149 Å². The third-order valence-electron chi connectivity index (χ3n) is 5.28. The first kappa shape index (κ1) is 18.2. The summed E-state index contributed by atoms with van der Waals surface area (Å²) in [7, 11) is -3.39. The van der Waals surface area contributed by atoms with Gasteiger partial charge in [0.2, 0.25) is 0 Å². The molecule has 0 aromatic carbocycles. The van der Waals surface area contributed by atoms with Crippen LogP contribution in [0.1, 0.15) is 40.0 Å². The molecule has 0 unspecified atom stereocenters. The van der Waals surface area contributed by atoms with Gasteiger partial charge in [0.15, 0.2) is 0 Å². The van der Waals surface area contributed by atoms with Crippen LogP contribution in [0, 0.1) is 17.8 Å². The van der Waals surface area contributed by atoms with Gasteiger partial charge >= 0.3 is 5.97 Å². The smallest absolute Gasteiger partial charge is 0.339 e. The van der Waals surface area contributed by atoms with Crippen LogP contribution >= 0.6 is 0 Å². The Kier molecular flexibility index (Phi) is 5.04. The van der Waals surface area contributed by atoms with Crippen molar-refractivity contribution in [2.45, 2.75) is 46.1 Å². The predicted molar refractivity (Wildman–Crippen MR) is 96.4 cm³/mol. The van der Waals surface area contributed by atoms with Crippen molar-refractivity contribution in [1.82, 2.24) is 4.90 Å². The Hall–Kier alpha value is -1.63. The molecule has 3 rings (SSSR count). The molecule has 0 N–H and O–H groups in total. The number of amidine groups is 1. The van der Waals surface area contributed by atoms with E-state index >= 15 is 0 Å². The van der Waals surface area contributed by atoms with Gasteiger partial charge in [0.05, 0.1) is 11.3 Å². The number of esters is 1. The van der Waals surface area contributed by atoms with Gasteiger partial charge in [-0.3, -0.25) is 0 Å². The molecular weight excluding hydrogens is 340 g/mol. The van der Waals surface area contributed by atoms with E-state index in [1.54, 1.807) is 23.3 Å². The first-order valence-corrected chi connectivity index (χ1v) is 10.6. The van der Waals surface area contributed by atoms with Crippen LogP contribution in [0.15, 0.2) is 28.3 Å². The molecule has 0 bridgehead atoms. The van der Waals surface area contributed by atoms with Crippen molar-refractivity contribution in [2.24, 2.45) is 22.2 Å². The lowest BCUT2D eigenvalue weighted by Gasteiger charge is -2.37. The minimum absolute atomic E-state index is 0.0429. The highest BCUT2D eigenvalue weighted by Gasteiger charge is 2.34. The van der Waals surface area contributed by atoms with Crippen LogP contribution in [-0.2, 0) is 19.6 Å². The summed E-state index contributed by atoms with van der Waals surface area (Å²) in [6.45, 7) is 6.86. The number of hydrogen-bond acceptors (Lipinski definition) is 5. The Morgan fingerprint density at radius 3 is 2.80 bits per heavy atom. The number of fused-ring (bicyclic) bond motifs is 1. The molecule has 0 aromatic rings. The zero-order valence-electron chi connectivity index (χ0n) is 15.0. The quantitative estimate of drug-likeness (QED) is 0.717. The second-order valence-corrected chi connectivity index (χ2v) is 9.37. The van der Waals surface area contributed by atoms with Gasteiger partial charge in [0.25, 0.3) is 10.0 Å². The lowest BCUT2D eigenvalue weighted by Crippen LogP contribution is -2.38. The zero-order chi connectivity index (χ0) is 18.2. The number of carbonyl (C=O) groups excluding carboxylic acids is 1. The minimum Gasteiger partial charge on any atom is -0.458 e. The summed E-state index contributed by atoms with van der Waals surface area (Å²) < 4.78 is 32.7. The molecule has 2 heterocycles. The molecule has 0 saturated heterocycles. The Bertz CT molecular complexity index is 736. The highest BCUT2D eigenvalue weighted by molar-refractivity contribution is 7.90. The van der Waals surface area contributed by atoms with Crippen molar-refractivity contribution in [1.29, 1.82) is 0 Å². The SMILES string of the molecule is CC(C)[C@H]1CC[C@@H](C)C[C@H]1OC(=O)C1=CN2CCS(=O)(=O)N=C2C=C1. The van der Waals surface area contributed by atoms with Crippen LogP contribution < -0.4 is 0 Å². The standard InChI is InChI=1S/C18H26N2O4S/c1-12(2)15-6-4-13(3)10-16(15)24-18(21)14-5-7-17-19-25(22,23)9-8-20(17)11-14/h5,7,11-13,15-16H,4,6,8-10H2,1-3H3/t13-,15-,16-/m1/s1. The molecule has 0 spiro atoms. The fourth-order valence-corrected chi connectivity index (χ4v) is 4.75. The van der Waals surface area contributed by atoms with Crippen molar-refractivity contribution >= 4 is 21.8 Å². The minimum atomic E-state index is -3.39. The fourth-order valence-electron chi connectivity index (χ4n) is 3.78. The van der Waals surface area contributed by atoms with Gasteiger partial charge in [-0.1, -0.05) is 27.2 Å². The van der Waals surface area contributed by atoms with Crippen molar-refractivity contribution in [2.75, 3.05) is 12.3 Å². The summed E-state index contributed by atoms with van der Waals surface area (Å²) in [6.07, 6.45) is 7.93. The number of nitrogens with zero attached hydrogens (tertiary/aromatic N) is 2. The summed E-state index contributed by atoms with van der Waals surface area (Å²) in [6, 6.07) is 0. The van der Waals surface area contributed by atoms with Gasteiger partial charge in [-0.05, 0) is 42.7 Å². The zero-order valence-corrected chi connectivity index (χ0v) is 15.8. The molecule has 7 heteroatoms. The molecule has 3 atom stereocenters. The van der Waals surface area contributed by atoms with E-state index in [4.69, 9.17) is 4.74 Å². The molecular formula is C18H26N2O4S. The summed E-state index contributed by atoms with van der Waals surface area (Å²) in [5.74, 6) is 1.41. The molecule has 138 valence electrons. The van der Waals surface area contributed by atoms with E-state index in [0.717, 1.165) is 12.8 Å². The number of ether oxygens (including phenoxy) is 1. The maximum atomic E-state index is 12.6. The van der Waals surface area contributed by atoms with Crippen molar-refractivity contribution in [3.63, 3.8) is 0 Å². The predicted octanol–water partition coefficient (Wildman–Crippen LogP) is 2.49. The van der Waals surface area contributed by atoms with E-state index in [1.807, 2.05) is 0 Å². The van der Waals surface area contributed by atoms with E-state index in [1.165, 1.54) is 6.42 Å². The number of carbonyl (C=O) groups is 1. The van der Waals surface area contributed by atoms with Gasteiger partial charge in [-0.25, -0.2) is 13.2 Å². The van der Waals surface area contributed by atoms with Gasteiger partial charge in [0, 0.05) is 12.7 Å². The van der Waals surface area contributed by atoms with E-state index in [9.17, 15) is 13.2 Å². The Morgan fingerprint density at radius 2 is 2.08 bits per heavy atom. The van der Waals surface area contributed by atoms with Crippen LogP contribution in [0.2, 0.25) is 0 Å². The molecule has 1 fully saturated rings. The van der Waals surface area contributed by atoms with Crippen LogP contribution in [0.5, 0.6) is 0 Å². The topological polar surface area (TPSA) is 76.0 Å². The normalized spacial score (nSPS) is 31.2. The maximum Gasteiger partial charge on any atom is 0.339 e. The fraction of sp³-hybridized carbons (Fsp3) is 0.667. The number of hydrogen-bond donors (Lipinski definition) is 0. The molecule has 1 aliphatic carbocycles. The monoisotopic (exact) mass is 366 g/mol. The van der Waals surface area contributed by atoms with Crippen LogP contribution in [-0.4, -0.2) is 43.5 Å². The Balaban J connectivity index is 1.72. The van der Waals surface area contributed by atoms with Gasteiger partial charge in [0.1, 0.15) is 11.9 Å². The summed E-state index contributed by atoms with van der Waals surface area (Å²) in [5, 5.41) is 0. The van der Waals surface area contributed by atoms with Crippen molar-refractivity contribution in [3.8, 4) is 0 Å². The van der Waals surface area contributed by atoms with E-state index in [2.05, 4.69) is 25.2 Å². The molecule has 0 radical (unpaired) electrons. The highest BCUT2D eigenvalue weighted by atomic mass is 32.2. The third-order valence-corrected chi connectivity index (χ3v) is 6.44. The molecule has 25 heavy (non-hydrogen) atoms. The summed E-state index contributed by atoms with van der Waals surface area (Å²) in [5.41, 5.74) is 0.444. The second-order valence-electron chi connectivity index (χ2n) is 7.62. The van der Waals surface area contributed by atoms with Crippen LogP contribution in [0.3, 0.4) is 0 Å². The summed E-state index contributed by atoms with van der Waals surface area (Å²) in [4.78, 5) is 14.3. The highest BCUT2D eigenvalue weighted by Crippen LogP contribution is 2.35. The first-order valence-electron chi connectivity index (χ1n) is 8.95. The molecule has 0 amide bonds. The average molecular weight is 366 g/mol. The van der Waals surface area contributed by atoms with Gasteiger partial charge in [-0.15, -0.1) is 4.40 Å². The van der Waals surface area contributed by atoms with Gasteiger partial charge in [-0.2, -0.15) is 0 Å².